The van der Waals surface area contributed by atoms with Gasteiger partial charge in [-0.3, -0.25) is 0 Å². The molecular weight excluding hydrogens is 301 g/mol. The summed E-state index contributed by atoms with van der Waals surface area (Å²) >= 11 is 0. The SMILES string of the molecule is O=C(OCCO)c1cnn(-c2ccccc2F)c1-n1cccc1. The molecular formula is C16H14FN3O3. The number of para-hydroxylation sites is 1. The van der Waals surface area contributed by atoms with Crippen molar-refractivity contribution >= 4 is 5.97 Å². The first-order valence-electron chi connectivity index (χ1n) is 6.96. The van der Waals surface area contributed by atoms with Crippen molar-refractivity contribution in [1.29, 1.82) is 0 Å². The largest absolute Gasteiger partial charge is 0.460 e. The first-order valence-corrected chi connectivity index (χ1v) is 6.96. The number of esters is 1. The molecule has 0 radical (unpaired) electrons. The van der Waals surface area contributed by atoms with Gasteiger partial charge in [0.1, 0.15) is 23.7 Å². The summed E-state index contributed by atoms with van der Waals surface area (Å²) in [6.45, 7) is -0.388. The van der Waals surface area contributed by atoms with E-state index in [1.54, 1.807) is 47.3 Å². The van der Waals surface area contributed by atoms with E-state index >= 15 is 0 Å². The molecule has 3 aromatic rings. The van der Waals surface area contributed by atoms with Crippen LogP contribution in [0.3, 0.4) is 0 Å². The number of nitrogens with zero attached hydrogens (tertiary/aromatic N) is 3. The molecule has 3 rings (SSSR count). The van der Waals surface area contributed by atoms with E-state index in [4.69, 9.17) is 9.84 Å². The number of carbonyl (C=O) groups is 1. The van der Waals surface area contributed by atoms with Gasteiger partial charge in [0.25, 0.3) is 0 Å². The van der Waals surface area contributed by atoms with Gasteiger partial charge >= 0.3 is 5.97 Å². The Kier molecular flexibility index (Phi) is 4.20. The smallest absolute Gasteiger partial charge is 0.343 e. The van der Waals surface area contributed by atoms with E-state index in [0.29, 0.717) is 5.82 Å². The quantitative estimate of drug-likeness (QED) is 0.731. The molecule has 0 aliphatic heterocycles. The number of ether oxygens (including phenoxy) is 1. The normalized spacial score (nSPS) is 10.7. The summed E-state index contributed by atoms with van der Waals surface area (Å²) in [4.78, 5) is 12.2. The van der Waals surface area contributed by atoms with Crippen LogP contribution in [-0.4, -0.2) is 38.6 Å². The molecule has 0 saturated heterocycles. The Morgan fingerprint density at radius 1 is 1.22 bits per heavy atom. The van der Waals surface area contributed by atoms with Crippen LogP contribution in [0.2, 0.25) is 0 Å². The number of hydrogen-bond donors (Lipinski definition) is 1. The van der Waals surface area contributed by atoms with Crippen molar-refractivity contribution in [2.75, 3.05) is 13.2 Å². The summed E-state index contributed by atoms with van der Waals surface area (Å²) in [7, 11) is 0. The molecule has 7 heteroatoms. The second-order valence-corrected chi connectivity index (χ2v) is 4.69. The van der Waals surface area contributed by atoms with Crippen LogP contribution in [-0.2, 0) is 4.74 Å². The van der Waals surface area contributed by atoms with Crippen LogP contribution in [0.25, 0.3) is 11.5 Å². The first kappa shape index (κ1) is 15.0. The number of halogens is 1. The maximum Gasteiger partial charge on any atom is 0.343 e. The van der Waals surface area contributed by atoms with Crippen LogP contribution in [0, 0.1) is 5.82 Å². The molecule has 2 aromatic heterocycles. The minimum Gasteiger partial charge on any atom is -0.460 e. The molecule has 0 amide bonds. The van der Waals surface area contributed by atoms with E-state index in [0.717, 1.165) is 0 Å². The van der Waals surface area contributed by atoms with E-state index in [9.17, 15) is 9.18 Å². The molecule has 0 atom stereocenters. The van der Waals surface area contributed by atoms with Crippen molar-refractivity contribution in [3.63, 3.8) is 0 Å². The third-order valence-electron chi connectivity index (χ3n) is 3.22. The molecule has 0 bridgehead atoms. The molecule has 0 saturated carbocycles. The van der Waals surface area contributed by atoms with Crippen LogP contribution in [0.1, 0.15) is 10.4 Å². The average Bonchev–Trinajstić information content (AvgIpc) is 3.21. The molecule has 1 aromatic carbocycles. The fourth-order valence-corrected chi connectivity index (χ4v) is 2.23. The second-order valence-electron chi connectivity index (χ2n) is 4.69. The van der Waals surface area contributed by atoms with Crippen LogP contribution in [0.4, 0.5) is 4.39 Å². The number of aromatic nitrogens is 3. The van der Waals surface area contributed by atoms with Gasteiger partial charge in [0.15, 0.2) is 5.82 Å². The predicted molar refractivity (Wildman–Crippen MR) is 80.2 cm³/mol. The maximum atomic E-state index is 14.1. The molecule has 0 fully saturated rings. The fourth-order valence-electron chi connectivity index (χ4n) is 2.23. The minimum absolute atomic E-state index is 0.116. The van der Waals surface area contributed by atoms with Gasteiger partial charge in [0, 0.05) is 12.4 Å². The van der Waals surface area contributed by atoms with E-state index in [1.807, 2.05) is 0 Å². The van der Waals surface area contributed by atoms with E-state index in [-0.39, 0.29) is 24.5 Å². The molecule has 0 aliphatic rings. The Morgan fingerprint density at radius 2 is 1.96 bits per heavy atom. The summed E-state index contributed by atoms with van der Waals surface area (Å²) in [5, 5.41) is 12.9. The number of carbonyl (C=O) groups excluding carboxylic acids is 1. The van der Waals surface area contributed by atoms with Gasteiger partial charge in [-0.2, -0.15) is 5.10 Å². The van der Waals surface area contributed by atoms with Gasteiger partial charge in [-0.15, -0.1) is 0 Å². The minimum atomic E-state index is -0.634. The third kappa shape index (κ3) is 2.86. The Labute approximate surface area is 131 Å². The maximum absolute atomic E-state index is 14.1. The van der Waals surface area contributed by atoms with Crippen molar-refractivity contribution in [3.05, 3.63) is 66.4 Å². The highest BCUT2D eigenvalue weighted by atomic mass is 19.1. The molecule has 6 nitrogen and oxygen atoms in total. The molecule has 0 unspecified atom stereocenters. The van der Waals surface area contributed by atoms with Crippen LogP contribution < -0.4 is 0 Å². The monoisotopic (exact) mass is 315 g/mol. The number of aliphatic hydroxyl groups is 1. The van der Waals surface area contributed by atoms with Crippen LogP contribution in [0.5, 0.6) is 0 Å². The van der Waals surface area contributed by atoms with Crippen molar-refractivity contribution < 1.29 is 19.0 Å². The number of hydrogen-bond acceptors (Lipinski definition) is 4. The van der Waals surface area contributed by atoms with Gasteiger partial charge in [-0.25, -0.2) is 13.9 Å². The van der Waals surface area contributed by atoms with E-state index in [1.165, 1.54) is 16.9 Å². The van der Waals surface area contributed by atoms with Gasteiger partial charge in [0.2, 0.25) is 0 Å². The Balaban J connectivity index is 2.13. The Hall–Kier alpha value is -2.93. The molecule has 0 spiro atoms. The van der Waals surface area contributed by atoms with Crippen molar-refractivity contribution in [2.24, 2.45) is 0 Å². The van der Waals surface area contributed by atoms with Crippen LogP contribution in [0.15, 0.2) is 55.0 Å². The Morgan fingerprint density at radius 3 is 2.65 bits per heavy atom. The highest BCUT2D eigenvalue weighted by Gasteiger charge is 2.22. The molecule has 118 valence electrons. The third-order valence-corrected chi connectivity index (χ3v) is 3.22. The predicted octanol–water partition coefficient (Wildman–Crippen LogP) is 1.95. The zero-order valence-corrected chi connectivity index (χ0v) is 12.1. The summed E-state index contributed by atoms with van der Waals surface area (Å²) in [5.41, 5.74) is 0.398. The number of benzene rings is 1. The lowest BCUT2D eigenvalue weighted by molar-refractivity contribution is 0.0434. The fraction of sp³-hybridized carbons (Fsp3) is 0.125. The molecule has 23 heavy (non-hydrogen) atoms. The van der Waals surface area contributed by atoms with Crippen molar-refractivity contribution in [1.82, 2.24) is 14.3 Å². The van der Waals surface area contributed by atoms with Gasteiger partial charge in [0.05, 0.1) is 12.8 Å². The summed E-state index contributed by atoms with van der Waals surface area (Å²) in [6, 6.07) is 9.71. The zero-order chi connectivity index (χ0) is 16.2. The Bertz CT molecular complexity index is 812. The lowest BCUT2D eigenvalue weighted by Gasteiger charge is -2.11. The standard InChI is InChI=1S/C16H14FN3O3/c17-13-5-1-2-6-14(13)20-15(19-7-3-4-8-19)12(11-18-20)16(22)23-10-9-21/h1-8,11,21H,9-10H2. The molecule has 1 N–H and O–H groups in total. The lowest BCUT2D eigenvalue weighted by Crippen LogP contribution is -2.13. The van der Waals surface area contributed by atoms with E-state index in [2.05, 4.69) is 5.10 Å². The highest BCUT2D eigenvalue weighted by molar-refractivity contribution is 5.93. The lowest BCUT2D eigenvalue weighted by atomic mass is 10.3. The van der Waals surface area contributed by atoms with E-state index < -0.39 is 11.8 Å². The zero-order valence-electron chi connectivity index (χ0n) is 12.1. The summed E-state index contributed by atoms with van der Waals surface area (Å²) in [6.07, 6.45) is 4.76. The summed E-state index contributed by atoms with van der Waals surface area (Å²) in [5.74, 6) is -0.729. The van der Waals surface area contributed by atoms with Gasteiger partial charge < -0.3 is 14.4 Å². The van der Waals surface area contributed by atoms with Crippen molar-refractivity contribution in [2.45, 2.75) is 0 Å². The summed E-state index contributed by atoms with van der Waals surface area (Å²) < 4.78 is 22.0. The average molecular weight is 315 g/mol. The van der Waals surface area contributed by atoms with Gasteiger partial charge in [-0.1, -0.05) is 12.1 Å². The van der Waals surface area contributed by atoms with Crippen molar-refractivity contribution in [3.8, 4) is 11.5 Å². The van der Waals surface area contributed by atoms with Crippen LogP contribution >= 0.6 is 0 Å². The van der Waals surface area contributed by atoms with Gasteiger partial charge in [-0.05, 0) is 24.3 Å². The number of rotatable bonds is 5. The topological polar surface area (TPSA) is 69.3 Å². The molecule has 0 aliphatic carbocycles. The first-order chi connectivity index (χ1) is 11.2. The highest BCUT2D eigenvalue weighted by Crippen LogP contribution is 2.22. The number of aliphatic hydroxyl groups excluding tert-OH is 1. The molecule has 2 heterocycles. The second kappa shape index (κ2) is 6.45.